The highest BCUT2D eigenvalue weighted by Gasteiger charge is 2.19. The monoisotopic (exact) mass is 438 g/mol. The van der Waals surface area contributed by atoms with Gasteiger partial charge in [0.1, 0.15) is 11.6 Å². The van der Waals surface area contributed by atoms with Crippen molar-refractivity contribution in [2.45, 2.75) is 17.4 Å². The summed E-state index contributed by atoms with van der Waals surface area (Å²) in [6, 6.07) is 10.2. The normalized spacial score (nSPS) is 12.0. The molecule has 3 aromatic rings. The number of oxazole rings is 1. The Labute approximate surface area is 161 Å². The molecule has 26 heavy (non-hydrogen) atoms. The molecule has 1 unspecified atom stereocenters. The third kappa shape index (κ3) is 4.50. The van der Waals surface area contributed by atoms with Crippen molar-refractivity contribution in [3.05, 3.63) is 64.8 Å². The van der Waals surface area contributed by atoms with Gasteiger partial charge in [-0.2, -0.15) is 0 Å². The van der Waals surface area contributed by atoms with Gasteiger partial charge in [-0.1, -0.05) is 27.7 Å². The number of aromatic nitrogens is 1. The first-order valence-electron chi connectivity index (χ1n) is 7.57. The molecule has 3 rings (SSSR count). The van der Waals surface area contributed by atoms with E-state index in [1.165, 1.54) is 30.5 Å². The highest BCUT2D eigenvalue weighted by Crippen LogP contribution is 2.29. The molecule has 0 aliphatic carbocycles. The van der Waals surface area contributed by atoms with Crippen molar-refractivity contribution in [3.63, 3.8) is 0 Å². The van der Waals surface area contributed by atoms with Crippen molar-refractivity contribution in [2.24, 2.45) is 0 Å². The Morgan fingerprint density at radius 1 is 1.23 bits per heavy atom. The maximum Gasteiger partial charge on any atom is 0.256 e. The molecule has 1 N–H and O–H groups in total. The van der Waals surface area contributed by atoms with Crippen molar-refractivity contribution in [1.82, 2.24) is 4.98 Å². The lowest BCUT2D eigenvalue weighted by Crippen LogP contribution is -2.22. The average molecular weight is 439 g/mol. The minimum atomic E-state index is -0.558. The molecule has 0 bridgehead atoms. The van der Waals surface area contributed by atoms with E-state index in [1.54, 1.807) is 25.1 Å². The quantitative estimate of drug-likeness (QED) is 0.534. The lowest BCUT2D eigenvalue weighted by atomic mass is 10.2. The number of hydrogen-bond acceptors (Lipinski definition) is 4. The number of halogens is 3. The van der Waals surface area contributed by atoms with Crippen LogP contribution in [-0.4, -0.2) is 16.1 Å². The lowest BCUT2D eigenvalue weighted by Gasteiger charge is -2.11. The number of nitrogens with one attached hydrogen (secondary N) is 1. The molecule has 0 spiro atoms. The van der Waals surface area contributed by atoms with E-state index in [0.29, 0.717) is 21.0 Å². The first-order valence-corrected chi connectivity index (χ1v) is 9.24. The second-order valence-corrected chi connectivity index (χ2v) is 7.58. The number of nitrogens with zero attached hydrogens (tertiary/aromatic N) is 1. The first-order chi connectivity index (χ1) is 12.4. The van der Waals surface area contributed by atoms with Gasteiger partial charge in [-0.05, 0) is 49.4 Å². The molecule has 0 saturated carbocycles. The number of carbonyl (C=O) groups is 1. The number of thioether (sulfide) groups is 1. The molecule has 8 heteroatoms. The van der Waals surface area contributed by atoms with Gasteiger partial charge in [0.2, 0.25) is 5.91 Å². The predicted octanol–water partition coefficient (Wildman–Crippen LogP) is 5.50. The van der Waals surface area contributed by atoms with Crippen LogP contribution in [0.1, 0.15) is 6.92 Å². The van der Waals surface area contributed by atoms with Crippen LogP contribution < -0.4 is 5.32 Å². The molecule has 1 heterocycles. The van der Waals surface area contributed by atoms with Crippen LogP contribution in [0.25, 0.3) is 11.3 Å². The summed E-state index contributed by atoms with van der Waals surface area (Å²) in [5.74, 6) is -0.773. The van der Waals surface area contributed by atoms with Crippen molar-refractivity contribution >= 4 is 39.3 Å². The van der Waals surface area contributed by atoms with Crippen LogP contribution in [-0.2, 0) is 4.79 Å². The van der Waals surface area contributed by atoms with Gasteiger partial charge in [-0.15, -0.1) is 0 Å². The number of hydrogen-bond donors (Lipinski definition) is 1. The molecule has 1 amide bonds. The third-order valence-corrected chi connectivity index (χ3v) is 4.90. The van der Waals surface area contributed by atoms with Crippen molar-refractivity contribution in [1.29, 1.82) is 0 Å². The summed E-state index contributed by atoms with van der Waals surface area (Å²) >= 11 is 4.27. The van der Waals surface area contributed by atoms with E-state index >= 15 is 0 Å². The molecule has 1 aromatic heterocycles. The SMILES string of the molecule is CC(Sc1ncc(-c2ccc(F)cc2)o1)C(=O)Nc1ccc(Br)cc1F. The second kappa shape index (κ2) is 8.01. The summed E-state index contributed by atoms with van der Waals surface area (Å²) in [5.41, 5.74) is 0.782. The number of amides is 1. The molecule has 0 saturated heterocycles. The predicted molar refractivity (Wildman–Crippen MR) is 99.9 cm³/mol. The van der Waals surface area contributed by atoms with Gasteiger partial charge in [0.05, 0.1) is 17.1 Å². The molecule has 0 fully saturated rings. The van der Waals surface area contributed by atoms with Crippen LogP contribution in [0.3, 0.4) is 0 Å². The second-order valence-electron chi connectivity index (χ2n) is 5.37. The zero-order valence-electron chi connectivity index (χ0n) is 13.5. The average Bonchev–Trinajstić information content (AvgIpc) is 3.06. The number of benzene rings is 2. The molecule has 0 aliphatic rings. The van der Waals surface area contributed by atoms with Crippen LogP contribution in [0.4, 0.5) is 14.5 Å². The summed E-state index contributed by atoms with van der Waals surface area (Å²) in [6.07, 6.45) is 1.51. The molecule has 0 radical (unpaired) electrons. The highest BCUT2D eigenvalue weighted by molar-refractivity contribution is 9.10. The molecule has 1 atom stereocenters. The fourth-order valence-electron chi connectivity index (χ4n) is 2.09. The van der Waals surface area contributed by atoms with Crippen LogP contribution in [0.15, 0.2) is 62.8 Å². The van der Waals surface area contributed by atoms with E-state index in [2.05, 4.69) is 26.2 Å². The van der Waals surface area contributed by atoms with Gasteiger partial charge < -0.3 is 9.73 Å². The zero-order chi connectivity index (χ0) is 18.7. The molecule has 0 aliphatic heterocycles. The van der Waals surface area contributed by atoms with Gasteiger partial charge in [0, 0.05) is 10.0 Å². The first kappa shape index (κ1) is 18.6. The van der Waals surface area contributed by atoms with Gasteiger partial charge in [-0.25, -0.2) is 13.8 Å². The number of carbonyl (C=O) groups excluding carboxylic acids is 1. The fraction of sp³-hybridized carbons (Fsp3) is 0.111. The highest BCUT2D eigenvalue weighted by atomic mass is 79.9. The van der Waals surface area contributed by atoms with Gasteiger partial charge in [0.15, 0.2) is 5.76 Å². The third-order valence-electron chi connectivity index (χ3n) is 3.45. The maximum atomic E-state index is 13.8. The summed E-state index contributed by atoms with van der Waals surface area (Å²) < 4.78 is 33.0. The summed E-state index contributed by atoms with van der Waals surface area (Å²) in [5, 5.41) is 2.27. The van der Waals surface area contributed by atoms with E-state index < -0.39 is 11.1 Å². The topological polar surface area (TPSA) is 55.1 Å². The zero-order valence-corrected chi connectivity index (χ0v) is 15.9. The van der Waals surface area contributed by atoms with Crippen molar-refractivity contribution < 1.29 is 18.0 Å². The molecule has 2 aromatic carbocycles. The molecule has 134 valence electrons. The van der Waals surface area contributed by atoms with Gasteiger partial charge >= 0.3 is 0 Å². The lowest BCUT2D eigenvalue weighted by molar-refractivity contribution is -0.115. The Kier molecular flexibility index (Phi) is 5.73. The Balaban J connectivity index is 1.65. The minimum absolute atomic E-state index is 0.102. The van der Waals surface area contributed by atoms with Crippen LogP contribution in [0.2, 0.25) is 0 Å². The van der Waals surface area contributed by atoms with Gasteiger partial charge in [0.25, 0.3) is 5.22 Å². The Morgan fingerprint density at radius 3 is 2.65 bits per heavy atom. The van der Waals surface area contributed by atoms with Gasteiger partial charge in [-0.3, -0.25) is 4.79 Å². The van der Waals surface area contributed by atoms with E-state index in [4.69, 9.17) is 4.42 Å². The Hall–Kier alpha value is -2.19. The molecular weight excluding hydrogens is 426 g/mol. The smallest absolute Gasteiger partial charge is 0.256 e. The van der Waals surface area contributed by atoms with Crippen LogP contribution in [0.5, 0.6) is 0 Å². The fourth-order valence-corrected chi connectivity index (χ4v) is 3.14. The van der Waals surface area contributed by atoms with Crippen LogP contribution in [0, 0.1) is 11.6 Å². The van der Waals surface area contributed by atoms with E-state index in [-0.39, 0.29) is 17.4 Å². The molecular formula is C18H13BrF2N2O2S. The summed E-state index contributed by atoms with van der Waals surface area (Å²) in [6.45, 7) is 1.67. The Morgan fingerprint density at radius 2 is 1.96 bits per heavy atom. The largest absolute Gasteiger partial charge is 0.431 e. The van der Waals surface area contributed by atoms with Crippen molar-refractivity contribution in [2.75, 3.05) is 5.32 Å². The molecule has 4 nitrogen and oxygen atoms in total. The standard InChI is InChI=1S/C18H13BrF2N2O2S/c1-10(17(24)23-15-7-4-12(19)8-14(15)21)26-18-22-9-16(25-18)11-2-5-13(20)6-3-11/h2-10H,1H3,(H,23,24). The summed E-state index contributed by atoms with van der Waals surface area (Å²) in [4.78, 5) is 16.4. The van der Waals surface area contributed by atoms with Crippen molar-refractivity contribution in [3.8, 4) is 11.3 Å². The maximum absolute atomic E-state index is 13.8. The van der Waals surface area contributed by atoms with E-state index in [9.17, 15) is 13.6 Å². The summed E-state index contributed by atoms with van der Waals surface area (Å²) in [7, 11) is 0. The van der Waals surface area contributed by atoms with E-state index in [0.717, 1.165) is 11.8 Å². The van der Waals surface area contributed by atoms with E-state index in [1.807, 2.05) is 0 Å². The number of rotatable bonds is 5. The minimum Gasteiger partial charge on any atom is -0.431 e. The van der Waals surface area contributed by atoms with Crippen LogP contribution >= 0.6 is 27.7 Å². The number of anilines is 1. The Bertz CT molecular complexity index is 931.